The van der Waals surface area contributed by atoms with Gasteiger partial charge in [0.15, 0.2) is 0 Å². The van der Waals surface area contributed by atoms with Gasteiger partial charge in [-0.2, -0.15) is 12.6 Å². The first kappa shape index (κ1) is 17.1. The fraction of sp³-hybridized carbons (Fsp3) is 0.733. The van der Waals surface area contributed by atoms with E-state index in [-0.39, 0.29) is 11.1 Å². The number of thiol groups is 1. The Hall–Kier alpha value is -0.970. The minimum atomic E-state index is -0.158. The van der Waals surface area contributed by atoms with E-state index in [2.05, 4.69) is 17.7 Å². The molecule has 1 rings (SSSR count). The number of nitrogens with one attached hydrogen (secondary N) is 1. The second kappa shape index (κ2) is 9.06. The molecule has 0 unspecified atom stereocenters. The van der Waals surface area contributed by atoms with Gasteiger partial charge in [-0.05, 0) is 32.4 Å². The minimum Gasteiger partial charge on any atom is -0.268 e. The molecule has 0 fully saturated rings. The molecule has 0 radical (unpaired) electrons. The Morgan fingerprint density at radius 3 is 2.05 bits per heavy atom. The lowest BCUT2D eigenvalue weighted by Crippen LogP contribution is -2.33. The van der Waals surface area contributed by atoms with Crippen LogP contribution in [-0.2, 0) is 6.54 Å². The standard InChI is InChI=1S/C15H26N2O2S/c1-12-13(2)15(19)17(16-14(12)18)10-8-6-4-3-5-7-9-11-20/h20H,3-11H2,1-2H3,(H,16,18). The van der Waals surface area contributed by atoms with Gasteiger partial charge in [-0.3, -0.25) is 19.4 Å². The first-order valence-corrected chi connectivity index (χ1v) is 8.12. The van der Waals surface area contributed by atoms with E-state index >= 15 is 0 Å². The third kappa shape index (κ3) is 5.19. The molecule has 0 amide bonds. The number of aromatic nitrogens is 2. The van der Waals surface area contributed by atoms with Crippen LogP contribution in [0.25, 0.3) is 0 Å². The van der Waals surface area contributed by atoms with Crippen molar-refractivity contribution in [2.24, 2.45) is 0 Å². The topological polar surface area (TPSA) is 54.9 Å². The van der Waals surface area contributed by atoms with E-state index in [9.17, 15) is 9.59 Å². The monoisotopic (exact) mass is 298 g/mol. The molecule has 5 heteroatoms. The number of hydrogen-bond acceptors (Lipinski definition) is 3. The molecule has 114 valence electrons. The molecular formula is C15H26N2O2S. The molecule has 0 aliphatic carbocycles. The van der Waals surface area contributed by atoms with E-state index in [0.717, 1.165) is 18.6 Å². The summed E-state index contributed by atoms with van der Waals surface area (Å²) in [7, 11) is 0. The minimum absolute atomic E-state index is 0.0733. The van der Waals surface area contributed by atoms with Crippen LogP contribution in [0.2, 0.25) is 0 Å². The first-order chi connectivity index (χ1) is 9.57. The van der Waals surface area contributed by atoms with E-state index in [1.54, 1.807) is 13.8 Å². The van der Waals surface area contributed by atoms with Crippen LogP contribution in [0.3, 0.4) is 0 Å². The zero-order valence-electron chi connectivity index (χ0n) is 12.6. The average molecular weight is 298 g/mol. The molecule has 0 atom stereocenters. The highest BCUT2D eigenvalue weighted by molar-refractivity contribution is 7.80. The lowest BCUT2D eigenvalue weighted by atomic mass is 10.1. The van der Waals surface area contributed by atoms with Gasteiger partial charge in [0.1, 0.15) is 0 Å². The van der Waals surface area contributed by atoms with Crippen LogP contribution in [0, 0.1) is 13.8 Å². The quantitative estimate of drug-likeness (QED) is 0.544. The van der Waals surface area contributed by atoms with Crippen LogP contribution in [0.15, 0.2) is 9.59 Å². The molecule has 0 bridgehead atoms. The lowest BCUT2D eigenvalue weighted by molar-refractivity contribution is 0.499. The number of aromatic amines is 1. The Labute approximate surface area is 126 Å². The van der Waals surface area contributed by atoms with Crippen LogP contribution < -0.4 is 11.1 Å². The lowest BCUT2D eigenvalue weighted by Gasteiger charge is -2.08. The van der Waals surface area contributed by atoms with Crippen LogP contribution in [0.1, 0.15) is 56.1 Å². The van der Waals surface area contributed by atoms with Crippen molar-refractivity contribution in [2.75, 3.05) is 5.75 Å². The Morgan fingerprint density at radius 1 is 0.900 bits per heavy atom. The van der Waals surface area contributed by atoms with Gasteiger partial charge in [0.2, 0.25) is 0 Å². The predicted molar refractivity (Wildman–Crippen MR) is 87.0 cm³/mol. The van der Waals surface area contributed by atoms with Crippen molar-refractivity contribution in [2.45, 2.75) is 65.3 Å². The molecule has 0 spiro atoms. The number of H-pyrrole nitrogens is 1. The molecule has 1 heterocycles. The summed E-state index contributed by atoms with van der Waals surface area (Å²) in [4.78, 5) is 23.6. The molecule has 0 aliphatic heterocycles. The summed E-state index contributed by atoms with van der Waals surface area (Å²) in [5.74, 6) is 0.975. The molecular weight excluding hydrogens is 272 g/mol. The van der Waals surface area contributed by atoms with E-state index < -0.39 is 0 Å². The summed E-state index contributed by atoms with van der Waals surface area (Å²) < 4.78 is 1.45. The summed E-state index contributed by atoms with van der Waals surface area (Å²) in [5, 5.41) is 2.64. The van der Waals surface area contributed by atoms with Crippen LogP contribution >= 0.6 is 12.6 Å². The Morgan fingerprint density at radius 2 is 1.45 bits per heavy atom. The van der Waals surface area contributed by atoms with Crippen LogP contribution in [-0.4, -0.2) is 15.5 Å². The van der Waals surface area contributed by atoms with E-state index in [1.807, 2.05) is 0 Å². The van der Waals surface area contributed by atoms with E-state index in [0.29, 0.717) is 17.7 Å². The number of hydrogen-bond donors (Lipinski definition) is 2. The zero-order chi connectivity index (χ0) is 15.0. The van der Waals surface area contributed by atoms with Crippen molar-refractivity contribution in [1.82, 2.24) is 9.78 Å². The van der Waals surface area contributed by atoms with Crippen LogP contribution in [0.5, 0.6) is 0 Å². The molecule has 0 aliphatic rings. The summed E-state index contributed by atoms with van der Waals surface area (Å²) in [6.45, 7) is 4.00. The molecule has 1 aromatic heterocycles. The van der Waals surface area contributed by atoms with Crippen molar-refractivity contribution in [3.63, 3.8) is 0 Å². The van der Waals surface area contributed by atoms with E-state index in [1.165, 1.54) is 36.8 Å². The molecule has 20 heavy (non-hydrogen) atoms. The van der Waals surface area contributed by atoms with Gasteiger partial charge >= 0.3 is 0 Å². The molecule has 4 nitrogen and oxygen atoms in total. The zero-order valence-corrected chi connectivity index (χ0v) is 13.5. The van der Waals surface area contributed by atoms with Gasteiger partial charge in [0.05, 0.1) is 0 Å². The predicted octanol–water partition coefficient (Wildman–Crippen LogP) is 2.81. The van der Waals surface area contributed by atoms with Gasteiger partial charge in [0.25, 0.3) is 11.1 Å². The van der Waals surface area contributed by atoms with Gasteiger partial charge < -0.3 is 0 Å². The maximum atomic E-state index is 12.0. The van der Waals surface area contributed by atoms with Crippen molar-refractivity contribution in [3.8, 4) is 0 Å². The smallest absolute Gasteiger partial charge is 0.268 e. The average Bonchev–Trinajstić information content (AvgIpc) is 2.44. The van der Waals surface area contributed by atoms with Crippen molar-refractivity contribution >= 4 is 12.6 Å². The molecule has 0 aromatic carbocycles. The SMILES string of the molecule is Cc1c(C)c(=O)n(CCCCCCCCCS)[nH]c1=O. The fourth-order valence-corrected chi connectivity index (χ4v) is 2.44. The Kier molecular flexibility index (Phi) is 7.73. The Bertz CT molecular complexity index is 520. The van der Waals surface area contributed by atoms with E-state index in [4.69, 9.17) is 0 Å². The highest BCUT2D eigenvalue weighted by Crippen LogP contribution is 2.08. The van der Waals surface area contributed by atoms with Crippen LogP contribution in [0.4, 0.5) is 0 Å². The van der Waals surface area contributed by atoms with Gasteiger partial charge in [0, 0.05) is 17.7 Å². The maximum Gasteiger partial charge on any atom is 0.268 e. The maximum absolute atomic E-state index is 12.0. The van der Waals surface area contributed by atoms with Gasteiger partial charge in [-0.1, -0.05) is 32.1 Å². The summed E-state index contributed by atoms with van der Waals surface area (Å²) in [6, 6.07) is 0. The second-order valence-electron chi connectivity index (χ2n) is 5.35. The van der Waals surface area contributed by atoms with Gasteiger partial charge in [-0.25, -0.2) is 0 Å². The number of nitrogens with zero attached hydrogens (tertiary/aromatic N) is 1. The third-order valence-electron chi connectivity index (χ3n) is 3.75. The molecule has 0 saturated heterocycles. The summed E-state index contributed by atoms with van der Waals surface area (Å²) in [5.41, 5.74) is 0.848. The third-order valence-corrected chi connectivity index (χ3v) is 4.06. The normalized spacial score (nSPS) is 10.9. The number of rotatable bonds is 9. The molecule has 0 saturated carbocycles. The largest absolute Gasteiger partial charge is 0.268 e. The van der Waals surface area contributed by atoms with Crippen molar-refractivity contribution in [3.05, 3.63) is 31.8 Å². The van der Waals surface area contributed by atoms with Gasteiger partial charge in [-0.15, -0.1) is 0 Å². The summed E-state index contributed by atoms with van der Waals surface area (Å²) in [6.07, 6.45) is 8.19. The number of unbranched alkanes of at least 4 members (excludes halogenated alkanes) is 6. The highest BCUT2D eigenvalue weighted by atomic mass is 32.1. The second-order valence-corrected chi connectivity index (χ2v) is 5.79. The number of aryl methyl sites for hydroxylation is 1. The Balaban J connectivity index is 2.33. The summed E-state index contributed by atoms with van der Waals surface area (Å²) >= 11 is 4.19. The molecule has 1 aromatic rings. The van der Waals surface area contributed by atoms with Crippen molar-refractivity contribution < 1.29 is 0 Å². The fourth-order valence-electron chi connectivity index (χ4n) is 2.21. The highest BCUT2D eigenvalue weighted by Gasteiger charge is 2.06. The molecule has 1 N–H and O–H groups in total. The van der Waals surface area contributed by atoms with Crippen molar-refractivity contribution in [1.29, 1.82) is 0 Å². The first-order valence-electron chi connectivity index (χ1n) is 7.49.